The largest absolute Gasteiger partial charge is 0.369 e. The van der Waals surface area contributed by atoms with E-state index in [1.54, 1.807) is 30.3 Å². The quantitative estimate of drug-likeness (QED) is 0.450. The predicted octanol–water partition coefficient (Wildman–Crippen LogP) is 4.17. The van der Waals surface area contributed by atoms with Gasteiger partial charge in [0.2, 0.25) is 0 Å². The third kappa shape index (κ3) is 4.62. The van der Waals surface area contributed by atoms with Crippen LogP contribution < -0.4 is 15.8 Å². The zero-order valence-electron chi connectivity index (χ0n) is 20.1. The molecular formula is C29H29N5O2. The van der Waals surface area contributed by atoms with Gasteiger partial charge in [-0.3, -0.25) is 14.5 Å². The van der Waals surface area contributed by atoms with E-state index in [1.807, 2.05) is 42.5 Å². The molecule has 1 saturated carbocycles. The van der Waals surface area contributed by atoms with Crippen molar-refractivity contribution in [2.24, 2.45) is 5.92 Å². The van der Waals surface area contributed by atoms with Gasteiger partial charge in [-0.1, -0.05) is 42.5 Å². The molecule has 36 heavy (non-hydrogen) atoms. The number of nitrogens with one attached hydrogen (secondary N) is 1. The number of aromatic nitrogens is 2. The van der Waals surface area contributed by atoms with Crippen LogP contribution in [0.15, 0.2) is 83.7 Å². The molecule has 1 aliphatic heterocycles. The average molecular weight is 480 g/mol. The number of piperazine rings is 1. The van der Waals surface area contributed by atoms with Gasteiger partial charge < -0.3 is 10.2 Å². The Hall–Kier alpha value is -3.97. The number of hydrogen-bond donors (Lipinski definition) is 1. The molecule has 1 saturated heterocycles. The molecule has 1 aliphatic carbocycles. The molecule has 2 heterocycles. The van der Waals surface area contributed by atoms with Crippen molar-refractivity contribution in [2.45, 2.75) is 12.8 Å². The highest BCUT2D eigenvalue weighted by Crippen LogP contribution is 2.30. The van der Waals surface area contributed by atoms with Crippen molar-refractivity contribution in [1.82, 2.24) is 14.7 Å². The fourth-order valence-electron chi connectivity index (χ4n) is 4.93. The minimum Gasteiger partial charge on any atom is -0.369 e. The summed E-state index contributed by atoms with van der Waals surface area (Å²) < 4.78 is 1.30. The van der Waals surface area contributed by atoms with Crippen LogP contribution in [0.1, 0.15) is 23.3 Å². The van der Waals surface area contributed by atoms with Crippen LogP contribution in [0.2, 0.25) is 0 Å². The van der Waals surface area contributed by atoms with Gasteiger partial charge in [-0.25, -0.2) is 0 Å². The summed E-state index contributed by atoms with van der Waals surface area (Å²) in [4.78, 5) is 31.5. The number of para-hydroxylation sites is 1. The zero-order chi connectivity index (χ0) is 24.5. The average Bonchev–Trinajstić information content (AvgIpc) is 3.74. The summed E-state index contributed by atoms with van der Waals surface area (Å²) in [7, 11) is 0. The molecule has 7 heteroatoms. The van der Waals surface area contributed by atoms with Crippen LogP contribution in [0.25, 0.3) is 16.5 Å². The van der Waals surface area contributed by atoms with Crippen LogP contribution in [0.5, 0.6) is 0 Å². The molecule has 2 fully saturated rings. The van der Waals surface area contributed by atoms with E-state index < -0.39 is 0 Å². The van der Waals surface area contributed by atoms with Crippen LogP contribution >= 0.6 is 0 Å². The van der Waals surface area contributed by atoms with Crippen LogP contribution in [0, 0.1) is 5.92 Å². The molecule has 4 aromatic rings. The Labute approximate surface area is 210 Å². The van der Waals surface area contributed by atoms with E-state index in [1.165, 1.54) is 24.1 Å². The third-order valence-electron chi connectivity index (χ3n) is 7.08. The van der Waals surface area contributed by atoms with Crippen molar-refractivity contribution in [1.29, 1.82) is 0 Å². The summed E-state index contributed by atoms with van der Waals surface area (Å²) in [5, 5.41) is 8.50. The summed E-state index contributed by atoms with van der Waals surface area (Å²) in [5.41, 5.74) is 2.39. The standard InChI is InChI=1S/C29H29N5O2/c35-28(27-25-11-4-5-12-26(25)29(36)34(31-27)23-8-2-1-3-9-23)30-22-7-6-10-24(19-22)33-17-15-32(16-18-33)20-21-13-14-21/h1-12,19,21H,13-18,20H2,(H,30,35). The molecule has 1 N–H and O–H groups in total. The molecule has 0 atom stereocenters. The Morgan fingerprint density at radius 2 is 1.53 bits per heavy atom. The number of hydrogen-bond acceptors (Lipinski definition) is 5. The van der Waals surface area contributed by atoms with Gasteiger partial charge in [-0.15, -0.1) is 0 Å². The highest BCUT2D eigenvalue weighted by atomic mass is 16.2. The van der Waals surface area contributed by atoms with Gasteiger partial charge in [-0.2, -0.15) is 9.78 Å². The molecule has 2 aliphatic rings. The number of anilines is 2. The molecular weight excluding hydrogens is 450 g/mol. The summed E-state index contributed by atoms with van der Waals surface area (Å²) in [5.74, 6) is 0.568. The third-order valence-corrected chi connectivity index (χ3v) is 7.08. The summed E-state index contributed by atoms with van der Waals surface area (Å²) in [6.07, 6.45) is 2.77. The smallest absolute Gasteiger partial charge is 0.279 e. The predicted molar refractivity (Wildman–Crippen MR) is 143 cm³/mol. The molecule has 1 amide bonds. The number of rotatable bonds is 6. The van der Waals surface area contributed by atoms with Crippen LogP contribution in [0.4, 0.5) is 11.4 Å². The van der Waals surface area contributed by atoms with Gasteiger partial charge in [0.25, 0.3) is 11.5 Å². The monoisotopic (exact) mass is 479 g/mol. The highest BCUT2D eigenvalue weighted by Gasteiger charge is 2.26. The maximum atomic E-state index is 13.5. The first-order valence-corrected chi connectivity index (χ1v) is 12.6. The summed E-state index contributed by atoms with van der Waals surface area (Å²) in [6.45, 7) is 5.35. The van der Waals surface area contributed by atoms with Gasteiger partial charge in [0.15, 0.2) is 5.69 Å². The van der Waals surface area contributed by atoms with Crippen LogP contribution in [-0.2, 0) is 0 Å². The molecule has 0 spiro atoms. The number of benzene rings is 3. The molecule has 182 valence electrons. The number of nitrogens with zero attached hydrogens (tertiary/aromatic N) is 4. The van der Waals surface area contributed by atoms with Crippen molar-refractivity contribution in [2.75, 3.05) is 42.9 Å². The van der Waals surface area contributed by atoms with E-state index in [-0.39, 0.29) is 17.2 Å². The zero-order valence-corrected chi connectivity index (χ0v) is 20.1. The fraction of sp³-hybridized carbons (Fsp3) is 0.276. The minimum atomic E-state index is -0.345. The lowest BCUT2D eigenvalue weighted by Crippen LogP contribution is -2.47. The second-order valence-corrected chi connectivity index (χ2v) is 9.68. The van der Waals surface area contributed by atoms with E-state index in [2.05, 4.69) is 26.3 Å². The Bertz CT molecular complexity index is 1450. The molecule has 1 aromatic heterocycles. The van der Waals surface area contributed by atoms with Crippen molar-refractivity contribution >= 4 is 28.1 Å². The normalized spacial score (nSPS) is 16.3. The SMILES string of the molecule is O=C(Nc1cccc(N2CCN(CC3CC3)CC2)c1)c1nn(-c2ccccc2)c(=O)c2ccccc12. The fourth-order valence-corrected chi connectivity index (χ4v) is 4.93. The van der Waals surface area contributed by atoms with E-state index in [0.717, 1.165) is 37.8 Å². The van der Waals surface area contributed by atoms with E-state index in [9.17, 15) is 9.59 Å². The van der Waals surface area contributed by atoms with Crippen molar-refractivity contribution < 1.29 is 4.79 Å². The summed E-state index contributed by atoms with van der Waals surface area (Å²) in [6, 6.07) is 24.3. The second-order valence-electron chi connectivity index (χ2n) is 9.68. The second kappa shape index (κ2) is 9.59. The van der Waals surface area contributed by atoms with Crippen molar-refractivity contribution in [3.8, 4) is 5.69 Å². The van der Waals surface area contributed by atoms with Gasteiger partial charge in [-0.05, 0) is 55.2 Å². The van der Waals surface area contributed by atoms with Gasteiger partial charge >= 0.3 is 0 Å². The molecule has 6 rings (SSSR count). The maximum Gasteiger partial charge on any atom is 0.279 e. The van der Waals surface area contributed by atoms with Crippen LogP contribution in [-0.4, -0.2) is 53.3 Å². The number of carbonyl (C=O) groups is 1. The van der Waals surface area contributed by atoms with Gasteiger partial charge in [0.1, 0.15) is 0 Å². The first-order valence-electron chi connectivity index (χ1n) is 12.6. The number of fused-ring (bicyclic) bond motifs is 1. The van der Waals surface area contributed by atoms with Gasteiger partial charge in [0.05, 0.1) is 11.1 Å². The molecule has 0 radical (unpaired) electrons. The lowest BCUT2D eigenvalue weighted by atomic mass is 10.1. The lowest BCUT2D eigenvalue weighted by molar-refractivity contribution is 0.102. The highest BCUT2D eigenvalue weighted by molar-refractivity contribution is 6.11. The number of carbonyl (C=O) groups excluding carboxylic acids is 1. The maximum absolute atomic E-state index is 13.5. The van der Waals surface area contributed by atoms with Crippen LogP contribution in [0.3, 0.4) is 0 Å². The van der Waals surface area contributed by atoms with E-state index in [0.29, 0.717) is 22.1 Å². The van der Waals surface area contributed by atoms with Crippen molar-refractivity contribution in [3.05, 3.63) is 94.9 Å². The molecule has 7 nitrogen and oxygen atoms in total. The first kappa shape index (κ1) is 22.5. The van der Waals surface area contributed by atoms with Gasteiger partial charge in [0, 0.05) is 49.5 Å². The number of amides is 1. The topological polar surface area (TPSA) is 70.5 Å². The lowest BCUT2D eigenvalue weighted by Gasteiger charge is -2.36. The molecule has 0 bridgehead atoms. The van der Waals surface area contributed by atoms with E-state index >= 15 is 0 Å². The Balaban J connectivity index is 1.25. The first-order chi connectivity index (χ1) is 17.7. The Kier molecular flexibility index (Phi) is 5.99. The molecule has 3 aromatic carbocycles. The molecule has 0 unspecified atom stereocenters. The Morgan fingerprint density at radius 1 is 0.833 bits per heavy atom. The summed E-state index contributed by atoms with van der Waals surface area (Å²) >= 11 is 0. The minimum absolute atomic E-state index is 0.216. The van der Waals surface area contributed by atoms with Crippen molar-refractivity contribution in [3.63, 3.8) is 0 Å². The van der Waals surface area contributed by atoms with E-state index in [4.69, 9.17) is 0 Å². The Morgan fingerprint density at radius 3 is 2.28 bits per heavy atom.